The van der Waals surface area contributed by atoms with Crippen molar-refractivity contribution in [3.8, 4) is 0 Å². The largest absolute Gasteiger partial charge is 0.466 e. The minimum Gasteiger partial charge on any atom is -0.466 e. The van der Waals surface area contributed by atoms with Gasteiger partial charge in [-0.05, 0) is 62.9 Å². The number of halogens is 1. The van der Waals surface area contributed by atoms with E-state index in [1.54, 1.807) is 6.07 Å². The van der Waals surface area contributed by atoms with Gasteiger partial charge in [0.25, 0.3) is 0 Å². The number of likely N-dealkylation sites (tertiary alicyclic amines) is 1. The average molecular weight is 291 g/mol. The van der Waals surface area contributed by atoms with Crippen LogP contribution in [0.3, 0.4) is 0 Å². The maximum atomic E-state index is 14.1. The summed E-state index contributed by atoms with van der Waals surface area (Å²) >= 11 is 0. The lowest BCUT2D eigenvalue weighted by Gasteiger charge is -2.39. The summed E-state index contributed by atoms with van der Waals surface area (Å²) in [6, 6.07) is 5.27. The van der Waals surface area contributed by atoms with Gasteiger partial charge in [0, 0.05) is 0 Å². The molecule has 0 aromatic heterocycles. The number of nitrogens with zero attached hydrogens (tertiary/aromatic N) is 1. The van der Waals surface area contributed by atoms with Crippen molar-refractivity contribution in [2.45, 2.75) is 44.6 Å². The third-order valence-electron chi connectivity index (χ3n) is 4.86. The molecule has 114 valence electrons. The van der Waals surface area contributed by atoms with Crippen LogP contribution >= 0.6 is 0 Å². The lowest BCUT2D eigenvalue weighted by molar-refractivity contribution is -0.146. The zero-order valence-corrected chi connectivity index (χ0v) is 12.5. The van der Waals surface area contributed by atoms with Gasteiger partial charge < -0.3 is 4.74 Å². The Morgan fingerprint density at radius 1 is 1.38 bits per heavy atom. The number of esters is 1. The zero-order chi connectivity index (χ0) is 14.9. The fourth-order valence-electron chi connectivity index (χ4n) is 3.94. The summed E-state index contributed by atoms with van der Waals surface area (Å²) in [6.45, 7) is 4.18. The van der Waals surface area contributed by atoms with Gasteiger partial charge in [0.1, 0.15) is 5.82 Å². The molecule has 0 amide bonds. The van der Waals surface area contributed by atoms with Gasteiger partial charge in [0.15, 0.2) is 0 Å². The van der Waals surface area contributed by atoms with Gasteiger partial charge in [-0.15, -0.1) is 0 Å². The maximum Gasteiger partial charge on any atom is 0.308 e. The highest BCUT2D eigenvalue weighted by Gasteiger charge is 2.46. The molecule has 0 spiro atoms. The molecule has 2 aliphatic rings. The summed E-state index contributed by atoms with van der Waals surface area (Å²) in [6.07, 6.45) is 4.14. The monoisotopic (exact) mass is 291 g/mol. The van der Waals surface area contributed by atoms with Crippen molar-refractivity contribution in [1.29, 1.82) is 0 Å². The predicted octanol–water partition coefficient (Wildman–Crippen LogP) is 3.02. The maximum absolute atomic E-state index is 14.1. The van der Waals surface area contributed by atoms with Crippen LogP contribution in [0.2, 0.25) is 0 Å². The molecule has 1 aliphatic carbocycles. The first-order valence-electron chi connectivity index (χ1n) is 7.86. The van der Waals surface area contributed by atoms with E-state index in [9.17, 15) is 9.18 Å². The van der Waals surface area contributed by atoms with Crippen molar-refractivity contribution >= 4 is 5.97 Å². The van der Waals surface area contributed by atoms with E-state index in [-0.39, 0.29) is 17.3 Å². The second-order valence-electron chi connectivity index (χ2n) is 5.97. The second kappa shape index (κ2) is 5.76. The number of benzene rings is 1. The SMILES string of the molecule is CCOC(=O)CC1(N2CCCC2)CCc2c(F)cccc21. The van der Waals surface area contributed by atoms with Crippen LogP contribution in [0.25, 0.3) is 0 Å². The quantitative estimate of drug-likeness (QED) is 0.799. The summed E-state index contributed by atoms with van der Waals surface area (Å²) in [5.41, 5.74) is 1.42. The van der Waals surface area contributed by atoms with Gasteiger partial charge in [-0.1, -0.05) is 12.1 Å². The van der Waals surface area contributed by atoms with Crippen LogP contribution in [-0.2, 0) is 21.5 Å². The van der Waals surface area contributed by atoms with E-state index in [0.717, 1.165) is 43.5 Å². The lowest BCUT2D eigenvalue weighted by Crippen LogP contribution is -2.45. The van der Waals surface area contributed by atoms with Crippen LogP contribution in [-0.4, -0.2) is 30.6 Å². The average Bonchev–Trinajstić information content (AvgIpc) is 3.09. The number of hydrogen-bond acceptors (Lipinski definition) is 3. The summed E-state index contributed by atoms with van der Waals surface area (Å²) in [7, 11) is 0. The summed E-state index contributed by atoms with van der Waals surface area (Å²) in [4.78, 5) is 14.5. The highest BCUT2D eigenvalue weighted by Crippen LogP contribution is 2.46. The van der Waals surface area contributed by atoms with Crippen molar-refractivity contribution < 1.29 is 13.9 Å². The molecule has 1 fully saturated rings. The van der Waals surface area contributed by atoms with Crippen molar-refractivity contribution in [1.82, 2.24) is 4.90 Å². The lowest BCUT2D eigenvalue weighted by atomic mass is 9.86. The Morgan fingerprint density at radius 3 is 2.86 bits per heavy atom. The number of fused-ring (bicyclic) bond motifs is 1. The molecular formula is C17H22FNO2. The van der Waals surface area contributed by atoms with Crippen LogP contribution in [0.4, 0.5) is 4.39 Å². The molecule has 1 aliphatic heterocycles. The van der Waals surface area contributed by atoms with Crippen LogP contribution in [0.5, 0.6) is 0 Å². The molecule has 4 heteroatoms. The molecule has 1 heterocycles. The Morgan fingerprint density at radius 2 is 2.14 bits per heavy atom. The topological polar surface area (TPSA) is 29.5 Å². The minimum absolute atomic E-state index is 0.141. The number of rotatable bonds is 4. The Bertz CT molecular complexity index is 540. The van der Waals surface area contributed by atoms with Crippen LogP contribution < -0.4 is 0 Å². The highest BCUT2D eigenvalue weighted by atomic mass is 19.1. The van der Waals surface area contributed by atoms with Crippen molar-refractivity contribution in [3.63, 3.8) is 0 Å². The molecule has 1 saturated heterocycles. The van der Waals surface area contributed by atoms with Crippen molar-refractivity contribution in [2.24, 2.45) is 0 Å². The predicted molar refractivity (Wildman–Crippen MR) is 78.5 cm³/mol. The molecule has 0 bridgehead atoms. The normalized spacial score (nSPS) is 25.0. The van der Waals surface area contributed by atoms with Gasteiger partial charge in [-0.25, -0.2) is 4.39 Å². The molecule has 0 saturated carbocycles. The van der Waals surface area contributed by atoms with Gasteiger partial charge in [0.2, 0.25) is 0 Å². The Labute approximate surface area is 125 Å². The van der Waals surface area contributed by atoms with Crippen molar-refractivity contribution in [3.05, 3.63) is 35.1 Å². The summed E-state index contributed by atoms with van der Waals surface area (Å²) in [5.74, 6) is -0.320. The molecule has 1 unspecified atom stereocenters. The second-order valence-corrected chi connectivity index (χ2v) is 5.97. The van der Waals surface area contributed by atoms with E-state index < -0.39 is 0 Å². The van der Waals surface area contributed by atoms with Gasteiger partial charge in [-0.2, -0.15) is 0 Å². The smallest absolute Gasteiger partial charge is 0.308 e. The first kappa shape index (κ1) is 14.5. The van der Waals surface area contributed by atoms with Gasteiger partial charge >= 0.3 is 5.97 Å². The zero-order valence-electron chi connectivity index (χ0n) is 12.5. The molecule has 1 atom stereocenters. The van der Waals surface area contributed by atoms with Crippen LogP contribution in [0, 0.1) is 5.82 Å². The Kier molecular flexibility index (Phi) is 3.98. The summed E-state index contributed by atoms with van der Waals surface area (Å²) in [5, 5.41) is 0. The van der Waals surface area contributed by atoms with Crippen molar-refractivity contribution in [2.75, 3.05) is 19.7 Å². The fraction of sp³-hybridized carbons (Fsp3) is 0.588. The van der Waals surface area contributed by atoms with Gasteiger partial charge in [-0.3, -0.25) is 9.69 Å². The van der Waals surface area contributed by atoms with Crippen LogP contribution in [0.1, 0.15) is 43.7 Å². The van der Waals surface area contributed by atoms with E-state index >= 15 is 0 Å². The fourth-order valence-corrected chi connectivity index (χ4v) is 3.94. The number of hydrogen-bond donors (Lipinski definition) is 0. The molecule has 3 nitrogen and oxygen atoms in total. The van der Waals surface area contributed by atoms with E-state index in [4.69, 9.17) is 4.74 Å². The minimum atomic E-state index is -0.361. The first-order chi connectivity index (χ1) is 10.2. The van der Waals surface area contributed by atoms with E-state index in [0.29, 0.717) is 19.4 Å². The molecule has 1 aromatic rings. The molecule has 0 N–H and O–H groups in total. The first-order valence-corrected chi connectivity index (χ1v) is 7.86. The Balaban J connectivity index is 1.99. The molecule has 0 radical (unpaired) electrons. The number of ether oxygens (including phenoxy) is 1. The summed E-state index contributed by atoms with van der Waals surface area (Å²) < 4.78 is 19.2. The highest BCUT2D eigenvalue weighted by molar-refractivity contribution is 5.72. The van der Waals surface area contributed by atoms with E-state index in [2.05, 4.69) is 4.90 Å². The molecule has 21 heavy (non-hydrogen) atoms. The molecular weight excluding hydrogens is 269 g/mol. The van der Waals surface area contributed by atoms with Crippen LogP contribution in [0.15, 0.2) is 18.2 Å². The number of carbonyl (C=O) groups is 1. The molecule has 1 aromatic carbocycles. The standard InChI is InChI=1S/C17H22FNO2/c1-2-21-16(20)12-17(19-10-3-4-11-19)9-8-13-14(17)6-5-7-15(13)18/h5-7H,2-4,8-12H2,1H3. The van der Waals surface area contributed by atoms with E-state index in [1.807, 2.05) is 13.0 Å². The number of carbonyl (C=O) groups excluding carboxylic acids is 1. The third-order valence-corrected chi connectivity index (χ3v) is 4.86. The van der Waals surface area contributed by atoms with Gasteiger partial charge in [0.05, 0.1) is 18.6 Å². The van der Waals surface area contributed by atoms with E-state index in [1.165, 1.54) is 6.07 Å². The third kappa shape index (κ3) is 2.46. The molecule has 3 rings (SSSR count). The Hall–Kier alpha value is -1.42.